The van der Waals surface area contributed by atoms with E-state index in [1.54, 1.807) is 0 Å². The number of fused-ring (bicyclic) bond motifs is 1. The minimum absolute atomic E-state index is 0.332. The number of hydrogen-bond donors (Lipinski definition) is 1. The lowest BCUT2D eigenvalue weighted by atomic mass is 9.84. The molecular weight excluding hydrogens is 317 g/mol. The highest BCUT2D eigenvalue weighted by Gasteiger charge is 2.48. The summed E-state index contributed by atoms with van der Waals surface area (Å²) < 4.78 is 19.0. The van der Waals surface area contributed by atoms with Crippen LogP contribution in [-0.2, 0) is 14.2 Å². The van der Waals surface area contributed by atoms with Crippen molar-refractivity contribution >= 4 is 18.3 Å². The Morgan fingerprint density at radius 3 is 2.54 bits per heavy atom. The van der Waals surface area contributed by atoms with Crippen molar-refractivity contribution in [2.75, 3.05) is 6.61 Å². The van der Waals surface area contributed by atoms with Gasteiger partial charge in [0, 0.05) is 0 Å². The van der Waals surface area contributed by atoms with Gasteiger partial charge in [0.05, 0.1) is 6.61 Å². The molecule has 0 radical (unpaired) electrons. The lowest BCUT2D eigenvalue weighted by Crippen LogP contribution is -2.31. The van der Waals surface area contributed by atoms with Gasteiger partial charge in [-0.05, 0) is 49.6 Å². The molecule has 2 aromatic rings. The fraction of sp³-hybridized carbons (Fsp3) is 0.300. The van der Waals surface area contributed by atoms with Gasteiger partial charge >= 0.3 is 0 Å². The van der Waals surface area contributed by atoms with Gasteiger partial charge < -0.3 is 4.52 Å². The van der Waals surface area contributed by atoms with Gasteiger partial charge in [0.1, 0.15) is 5.16 Å². The molecule has 0 aromatic heterocycles. The molecule has 2 unspecified atom stereocenters. The molecule has 0 bridgehead atoms. The third kappa shape index (κ3) is 2.88. The summed E-state index contributed by atoms with van der Waals surface area (Å²) in [6, 6.07) is 14.4. The maximum absolute atomic E-state index is 13.4. The first-order valence-corrected chi connectivity index (χ1v) is 9.96. The van der Waals surface area contributed by atoms with E-state index in [0.717, 1.165) is 27.5 Å². The molecule has 3 nitrogen and oxygen atoms in total. The number of rotatable bonds is 4. The van der Waals surface area contributed by atoms with Gasteiger partial charge in [0.25, 0.3) is 7.52 Å². The molecule has 2 atom stereocenters. The molecule has 1 aliphatic rings. The molecule has 0 aliphatic heterocycles. The van der Waals surface area contributed by atoms with E-state index in [-0.39, 0.29) is 0 Å². The van der Waals surface area contributed by atoms with Crippen LogP contribution in [0.2, 0.25) is 0 Å². The van der Waals surface area contributed by atoms with Gasteiger partial charge in [-0.1, -0.05) is 59.7 Å². The zero-order chi connectivity index (χ0) is 17.4. The van der Waals surface area contributed by atoms with E-state index in [0.29, 0.717) is 13.0 Å². The molecule has 3 rings (SSSR count). The quantitative estimate of drug-likeness (QED) is 0.745. The second-order valence-electron chi connectivity index (χ2n) is 6.56. The fourth-order valence-corrected chi connectivity index (χ4v) is 5.63. The smallest absolute Gasteiger partial charge is 0.281 e. The largest absolute Gasteiger partial charge is 0.317 e. The van der Waals surface area contributed by atoms with Gasteiger partial charge in [-0.15, -0.1) is 0 Å². The molecule has 24 heavy (non-hydrogen) atoms. The van der Waals surface area contributed by atoms with Crippen molar-refractivity contribution in [3.63, 3.8) is 0 Å². The molecule has 2 aromatic carbocycles. The summed E-state index contributed by atoms with van der Waals surface area (Å²) in [6.07, 6.45) is 4.75. The van der Waals surface area contributed by atoms with Gasteiger partial charge in [0.2, 0.25) is 0 Å². The van der Waals surface area contributed by atoms with Crippen LogP contribution in [0.1, 0.15) is 32.8 Å². The highest BCUT2D eigenvalue weighted by atomic mass is 31.2. The van der Waals surface area contributed by atoms with Crippen molar-refractivity contribution in [3.8, 4) is 0 Å². The van der Waals surface area contributed by atoms with E-state index >= 15 is 0 Å². The molecule has 0 fully saturated rings. The summed E-state index contributed by atoms with van der Waals surface area (Å²) in [7, 11) is -3.39. The van der Waals surface area contributed by atoms with Gasteiger partial charge in [-0.3, -0.25) is 10.1 Å². The number of hydrogen-bond acceptors (Lipinski definition) is 2. The molecule has 0 heterocycles. The van der Waals surface area contributed by atoms with E-state index in [1.807, 2.05) is 38.1 Å². The lowest BCUT2D eigenvalue weighted by molar-refractivity contribution is 0.315. The van der Waals surface area contributed by atoms with Crippen LogP contribution >= 0.6 is 7.52 Å². The van der Waals surface area contributed by atoms with Crippen LogP contribution in [-0.4, -0.2) is 6.61 Å². The van der Waals surface area contributed by atoms with Gasteiger partial charge in [0.15, 0.2) is 0 Å². The van der Waals surface area contributed by atoms with Crippen molar-refractivity contribution in [1.82, 2.24) is 0 Å². The van der Waals surface area contributed by atoms with Crippen molar-refractivity contribution in [2.24, 2.45) is 5.50 Å². The van der Waals surface area contributed by atoms with E-state index in [4.69, 9.17) is 10.0 Å². The molecule has 0 saturated carbocycles. The number of benzene rings is 2. The normalized spacial score (nSPS) is 23.5. The molecule has 0 saturated heterocycles. The van der Waals surface area contributed by atoms with Crippen molar-refractivity contribution < 1.29 is 9.09 Å². The predicted octanol–water partition coefficient (Wildman–Crippen LogP) is 5.52. The second kappa shape index (κ2) is 6.33. The Balaban J connectivity index is 2.25. The Hall–Kier alpha value is -1.67. The Kier molecular flexibility index (Phi) is 4.52. The Morgan fingerprint density at radius 2 is 1.88 bits per heavy atom. The van der Waals surface area contributed by atoms with Crippen LogP contribution in [0.3, 0.4) is 0 Å². The number of allylic oxidation sites excluding steroid dienone is 4. The standard InChI is InChI=1S/C20H24NO2P/c1-4-23-24(21,22)20(13-15(2)11-16(3)14-20)19-10-9-17-7-5-6-8-18(17)12-19/h5-13H,4,14H2,1-3H3,(H2,21,22). The van der Waals surface area contributed by atoms with Crippen molar-refractivity contribution in [2.45, 2.75) is 32.3 Å². The summed E-state index contributed by atoms with van der Waals surface area (Å²) in [6.45, 7) is 6.23. The van der Waals surface area contributed by atoms with E-state index < -0.39 is 12.7 Å². The minimum Gasteiger partial charge on any atom is -0.317 e. The average Bonchev–Trinajstić information content (AvgIpc) is 2.53. The third-order valence-electron chi connectivity index (χ3n) is 4.62. The van der Waals surface area contributed by atoms with Crippen molar-refractivity contribution in [1.29, 1.82) is 0 Å². The van der Waals surface area contributed by atoms with Crippen LogP contribution in [0.5, 0.6) is 0 Å². The minimum atomic E-state index is -3.39. The monoisotopic (exact) mass is 341 g/mol. The first-order valence-electron chi connectivity index (χ1n) is 8.27. The SMILES string of the molecule is CCOP(N)(=O)C1(c2ccc3ccccc3c2)C=C(C)C=C(C)C1. The van der Waals surface area contributed by atoms with Gasteiger partial charge in [-0.2, -0.15) is 0 Å². The zero-order valence-corrected chi connectivity index (χ0v) is 15.3. The summed E-state index contributed by atoms with van der Waals surface area (Å²) in [4.78, 5) is 0. The average molecular weight is 341 g/mol. The van der Waals surface area contributed by atoms with Crippen LogP contribution in [0.4, 0.5) is 0 Å². The van der Waals surface area contributed by atoms with E-state index in [2.05, 4.69) is 37.3 Å². The maximum Gasteiger partial charge on any atom is 0.281 e. The molecule has 1 aliphatic carbocycles. The summed E-state index contributed by atoms with van der Waals surface area (Å²) in [5.41, 5.74) is 9.48. The second-order valence-corrected chi connectivity index (χ2v) is 8.81. The molecule has 0 spiro atoms. The van der Waals surface area contributed by atoms with E-state index in [1.165, 1.54) is 0 Å². The Bertz CT molecular complexity index is 884. The lowest BCUT2D eigenvalue weighted by Gasteiger charge is -2.38. The molecule has 0 amide bonds. The van der Waals surface area contributed by atoms with Gasteiger partial charge in [-0.25, -0.2) is 0 Å². The van der Waals surface area contributed by atoms with Crippen LogP contribution < -0.4 is 5.50 Å². The molecule has 4 heteroatoms. The first-order chi connectivity index (χ1) is 11.4. The predicted molar refractivity (Wildman–Crippen MR) is 101 cm³/mol. The summed E-state index contributed by atoms with van der Waals surface area (Å²) >= 11 is 0. The molecule has 126 valence electrons. The van der Waals surface area contributed by atoms with Crippen LogP contribution in [0.25, 0.3) is 10.8 Å². The fourth-order valence-electron chi connectivity index (χ4n) is 3.67. The third-order valence-corrected chi connectivity index (χ3v) is 6.91. The topological polar surface area (TPSA) is 52.3 Å². The number of nitrogens with two attached hydrogens (primary N) is 1. The summed E-state index contributed by atoms with van der Waals surface area (Å²) in [5, 5.41) is 1.46. The summed E-state index contributed by atoms with van der Waals surface area (Å²) in [5.74, 6) is 0. The highest BCUT2D eigenvalue weighted by Crippen LogP contribution is 2.63. The van der Waals surface area contributed by atoms with Crippen molar-refractivity contribution in [3.05, 3.63) is 71.3 Å². The zero-order valence-electron chi connectivity index (χ0n) is 14.5. The highest BCUT2D eigenvalue weighted by molar-refractivity contribution is 7.58. The first kappa shape index (κ1) is 17.2. The molecular formula is C20H24NO2P. The molecule has 2 N–H and O–H groups in total. The Labute approximate surface area is 143 Å². The maximum atomic E-state index is 13.4. The van der Waals surface area contributed by atoms with E-state index in [9.17, 15) is 4.57 Å². The Morgan fingerprint density at radius 1 is 1.17 bits per heavy atom. The van der Waals surface area contributed by atoms with Crippen LogP contribution in [0, 0.1) is 0 Å². The van der Waals surface area contributed by atoms with Crippen LogP contribution in [0.15, 0.2) is 65.8 Å².